The quantitative estimate of drug-likeness (QED) is 0.778. The van der Waals surface area contributed by atoms with Gasteiger partial charge in [-0.25, -0.2) is 8.42 Å². The van der Waals surface area contributed by atoms with Crippen LogP contribution in [0, 0.1) is 20.8 Å². The molecule has 2 aromatic rings. The molecule has 0 aromatic heterocycles. The fourth-order valence-electron chi connectivity index (χ4n) is 2.59. The maximum absolute atomic E-state index is 12.6. The molecule has 2 rings (SSSR count). The van der Waals surface area contributed by atoms with Crippen LogP contribution in [0.1, 0.15) is 27.0 Å². The summed E-state index contributed by atoms with van der Waals surface area (Å²) in [6.45, 7) is 9.58. The van der Waals surface area contributed by atoms with E-state index in [1.165, 1.54) is 24.3 Å². The highest BCUT2D eigenvalue weighted by Gasteiger charge is 2.17. The molecule has 0 unspecified atom stereocenters. The molecule has 0 aliphatic carbocycles. The van der Waals surface area contributed by atoms with Crippen LogP contribution in [-0.4, -0.2) is 20.9 Å². The Balaban J connectivity index is 2.26. The van der Waals surface area contributed by atoms with Gasteiger partial charge in [-0.1, -0.05) is 23.8 Å². The summed E-state index contributed by atoms with van der Waals surface area (Å²) < 4.78 is 27.9. The third kappa shape index (κ3) is 4.48. The Morgan fingerprint density at radius 3 is 2.16 bits per heavy atom. The number of benzene rings is 2. The number of amides is 1. The third-order valence-corrected chi connectivity index (χ3v) is 5.11. The van der Waals surface area contributed by atoms with Gasteiger partial charge in [0.1, 0.15) is 0 Å². The lowest BCUT2D eigenvalue weighted by molar-refractivity contribution is 0.0958. The average molecular weight is 358 g/mol. The van der Waals surface area contributed by atoms with Gasteiger partial charge in [0, 0.05) is 12.1 Å². The molecule has 0 atom stereocenters. The van der Waals surface area contributed by atoms with Crippen molar-refractivity contribution in [2.24, 2.45) is 0 Å². The first-order valence-corrected chi connectivity index (χ1v) is 9.32. The lowest BCUT2D eigenvalue weighted by Crippen LogP contribution is -2.23. The van der Waals surface area contributed by atoms with E-state index < -0.39 is 10.0 Å². The van der Waals surface area contributed by atoms with Crippen molar-refractivity contribution in [3.63, 3.8) is 0 Å². The van der Waals surface area contributed by atoms with Crippen LogP contribution in [0.2, 0.25) is 0 Å². The summed E-state index contributed by atoms with van der Waals surface area (Å²) >= 11 is 0. The summed E-state index contributed by atoms with van der Waals surface area (Å²) in [7, 11) is -3.73. The fraction of sp³-hybridized carbons (Fsp3) is 0.211. The first-order valence-electron chi connectivity index (χ1n) is 7.84. The molecule has 0 fully saturated rings. The first-order chi connectivity index (χ1) is 11.7. The summed E-state index contributed by atoms with van der Waals surface area (Å²) in [6, 6.07) is 9.67. The Labute approximate surface area is 148 Å². The van der Waals surface area contributed by atoms with E-state index in [1.807, 2.05) is 32.9 Å². The smallest absolute Gasteiger partial charge is 0.261 e. The molecule has 2 aromatic carbocycles. The molecule has 6 heteroatoms. The van der Waals surface area contributed by atoms with Gasteiger partial charge in [-0.05, 0) is 56.2 Å². The standard InChI is InChI=1S/C19H22N2O3S/c1-5-10-20-19(22)16-6-8-17(9-7-16)25(23,24)21-18-14(3)11-13(2)12-15(18)4/h5-9,11-12,21H,1,10H2,2-4H3,(H,20,22). The van der Waals surface area contributed by atoms with Crippen molar-refractivity contribution in [1.29, 1.82) is 0 Å². The molecule has 0 bridgehead atoms. The second-order valence-corrected chi connectivity index (χ2v) is 7.58. The fourth-order valence-corrected chi connectivity index (χ4v) is 3.79. The molecule has 2 N–H and O–H groups in total. The van der Waals surface area contributed by atoms with Gasteiger partial charge in [-0.3, -0.25) is 9.52 Å². The highest BCUT2D eigenvalue weighted by molar-refractivity contribution is 7.92. The Hall–Kier alpha value is -2.60. The molecule has 0 spiro atoms. The van der Waals surface area contributed by atoms with E-state index in [0.29, 0.717) is 17.8 Å². The van der Waals surface area contributed by atoms with Crippen molar-refractivity contribution in [3.05, 3.63) is 71.3 Å². The lowest BCUT2D eigenvalue weighted by atomic mass is 10.1. The van der Waals surface area contributed by atoms with E-state index in [-0.39, 0.29) is 10.8 Å². The van der Waals surface area contributed by atoms with Gasteiger partial charge in [0.25, 0.3) is 15.9 Å². The normalized spacial score (nSPS) is 11.0. The predicted octanol–water partition coefficient (Wildman–Crippen LogP) is 3.33. The minimum absolute atomic E-state index is 0.104. The Morgan fingerprint density at radius 2 is 1.64 bits per heavy atom. The summed E-state index contributed by atoms with van der Waals surface area (Å²) in [5, 5.41) is 2.64. The third-order valence-electron chi connectivity index (χ3n) is 3.75. The van der Waals surface area contributed by atoms with Crippen LogP contribution >= 0.6 is 0 Å². The highest BCUT2D eigenvalue weighted by atomic mass is 32.2. The summed E-state index contributed by atoms with van der Waals surface area (Å²) in [4.78, 5) is 12.0. The first kappa shape index (κ1) is 18.7. The van der Waals surface area contributed by atoms with Crippen molar-refractivity contribution >= 4 is 21.6 Å². The van der Waals surface area contributed by atoms with Crippen LogP contribution in [0.15, 0.2) is 53.9 Å². The van der Waals surface area contributed by atoms with Crippen molar-refractivity contribution in [2.45, 2.75) is 25.7 Å². The minimum Gasteiger partial charge on any atom is -0.349 e. The minimum atomic E-state index is -3.73. The molecule has 0 aliphatic rings. The second kappa shape index (κ2) is 7.53. The van der Waals surface area contributed by atoms with E-state index in [0.717, 1.165) is 16.7 Å². The van der Waals surface area contributed by atoms with Gasteiger partial charge in [-0.15, -0.1) is 6.58 Å². The van der Waals surface area contributed by atoms with Gasteiger partial charge in [0.2, 0.25) is 0 Å². The van der Waals surface area contributed by atoms with E-state index in [2.05, 4.69) is 16.6 Å². The maximum Gasteiger partial charge on any atom is 0.261 e. The number of sulfonamides is 1. The largest absolute Gasteiger partial charge is 0.349 e. The molecule has 5 nitrogen and oxygen atoms in total. The molecule has 0 aliphatic heterocycles. The highest BCUT2D eigenvalue weighted by Crippen LogP contribution is 2.25. The van der Waals surface area contributed by atoms with Gasteiger partial charge in [0.15, 0.2) is 0 Å². The van der Waals surface area contributed by atoms with Gasteiger partial charge < -0.3 is 5.32 Å². The predicted molar refractivity (Wildman–Crippen MR) is 100 cm³/mol. The number of anilines is 1. The molecular weight excluding hydrogens is 336 g/mol. The van der Waals surface area contributed by atoms with E-state index >= 15 is 0 Å². The number of hydrogen-bond donors (Lipinski definition) is 2. The van der Waals surface area contributed by atoms with Crippen molar-refractivity contribution in [2.75, 3.05) is 11.3 Å². The number of rotatable bonds is 6. The number of hydrogen-bond acceptors (Lipinski definition) is 3. The van der Waals surface area contributed by atoms with Crippen LogP contribution in [0.25, 0.3) is 0 Å². The average Bonchev–Trinajstić information content (AvgIpc) is 2.56. The summed E-state index contributed by atoms with van der Waals surface area (Å²) in [5.74, 6) is -0.276. The SMILES string of the molecule is C=CCNC(=O)c1ccc(S(=O)(=O)Nc2c(C)cc(C)cc2C)cc1. The Bertz CT molecular complexity index is 878. The zero-order valence-electron chi connectivity index (χ0n) is 14.6. The molecule has 132 valence electrons. The zero-order valence-corrected chi connectivity index (χ0v) is 15.4. The topological polar surface area (TPSA) is 75.3 Å². The van der Waals surface area contributed by atoms with Crippen molar-refractivity contribution in [3.8, 4) is 0 Å². The lowest BCUT2D eigenvalue weighted by Gasteiger charge is -2.14. The molecule has 0 saturated carbocycles. The van der Waals surface area contributed by atoms with Crippen LogP contribution in [0.4, 0.5) is 5.69 Å². The molecular formula is C19H22N2O3S. The maximum atomic E-state index is 12.6. The summed E-state index contributed by atoms with van der Waals surface area (Å²) in [6.07, 6.45) is 1.58. The monoisotopic (exact) mass is 358 g/mol. The summed E-state index contributed by atoms with van der Waals surface area (Å²) in [5.41, 5.74) is 3.78. The van der Waals surface area contributed by atoms with Crippen LogP contribution in [-0.2, 0) is 10.0 Å². The van der Waals surface area contributed by atoms with E-state index in [9.17, 15) is 13.2 Å². The van der Waals surface area contributed by atoms with Crippen molar-refractivity contribution < 1.29 is 13.2 Å². The van der Waals surface area contributed by atoms with Crippen LogP contribution < -0.4 is 10.0 Å². The number of nitrogens with one attached hydrogen (secondary N) is 2. The van der Waals surface area contributed by atoms with Gasteiger partial charge in [-0.2, -0.15) is 0 Å². The van der Waals surface area contributed by atoms with E-state index in [1.54, 1.807) is 6.08 Å². The molecule has 25 heavy (non-hydrogen) atoms. The zero-order chi connectivity index (χ0) is 18.6. The molecule has 1 amide bonds. The molecule has 0 heterocycles. The number of carbonyl (C=O) groups is 1. The van der Waals surface area contributed by atoms with Crippen LogP contribution in [0.5, 0.6) is 0 Å². The number of aryl methyl sites for hydroxylation is 3. The van der Waals surface area contributed by atoms with E-state index in [4.69, 9.17) is 0 Å². The Kier molecular flexibility index (Phi) is 5.64. The Morgan fingerprint density at radius 1 is 1.08 bits per heavy atom. The van der Waals surface area contributed by atoms with Gasteiger partial charge >= 0.3 is 0 Å². The van der Waals surface area contributed by atoms with Crippen LogP contribution in [0.3, 0.4) is 0 Å². The second-order valence-electron chi connectivity index (χ2n) is 5.90. The molecule has 0 saturated heterocycles. The number of carbonyl (C=O) groups excluding carboxylic acids is 1. The van der Waals surface area contributed by atoms with Gasteiger partial charge in [0.05, 0.1) is 10.6 Å². The molecule has 0 radical (unpaired) electrons. The van der Waals surface area contributed by atoms with Crippen molar-refractivity contribution in [1.82, 2.24) is 5.32 Å².